The van der Waals surface area contributed by atoms with Crippen molar-refractivity contribution in [1.82, 2.24) is 5.43 Å². The summed E-state index contributed by atoms with van der Waals surface area (Å²) < 4.78 is 0. The Labute approximate surface area is 141 Å². The maximum absolute atomic E-state index is 8.74. The normalized spacial score (nSPS) is 10.5. The van der Waals surface area contributed by atoms with Gasteiger partial charge in [-0.25, -0.2) is 0 Å². The van der Waals surface area contributed by atoms with Gasteiger partial charge in [-0.2, -0.15) is 10.4 Å². The largest absolute Gasteiger partial charge is 0.331 e. The van der Waals surface area contributed by atoms with E-state index in [1.807, 2.05) is 24.3 Å². The van der Waals surface area contributed by atoms with Crippen LogP contribution in [-0.2, 0) is 0 Å². The summed E-state index contributed by atoms with van der Waals surface area (Å²) >= 11 is 5.20. The SMILES string of the molecule is CC(C)c1ccc(NC(=S)N/N=C/c2ccc(C#N)cc2)cc1. The highest BCUT2D eigenvalue weighted by atomic mass is 32.1. The van der Waals surface area contributed by atoms with Crippen LogP contribution in [0.25, 0.3) is 0 Å². The summed E-state index contributed by atoms with van der Waals surface area (Å²) in [6.07, 6.45) is 1.65. The minimum Gasteiger partial charge on any atom is -0.331 e. The predicted octanol–water partition coefficient (Wildman–Crippen LogP) is 4.00. The number of anilines is 1. The van der Waals surface area contributed by atoms with Gasteiger partial charge in [0.05, 0.1) is 17.8 Å². The maximum Gasteiger partial charge on any atom is 0.191 e. The van der Waals surface area contributed by atoms with Crippen LogP contribution in [0.1, 0.15) is 36.5 Å². The molecule has 2 aromatic rings. The number of benzene rings is 2. The molecule has 2 rings (SSSR count). The van der Waals surface area contributed by atoms with Gasteiger partial charge in [0.2, 0.25) is 0 Å². The van der Waals surface area contributed by atoms with Gasteiger partial charge in [-0.05, 0) is 53.5 Å². The first kappa shape index (κ1) is 16.7. The smallest absolute Gasteiger partial charge is 0.191 e. The highest BCUT2D eigenvalue weighted by Crippen LogP contribution is 2.16. The molecule has 0 fully saturated rings. The Bertz CT molecular complexity index is 725. The zero-order valence-corrected chi connectivity index (χ0v) is 13.9. The third-order valence-electron chi connectivity index (χ3n) is 3.25. The van der Waals surface area contributed by atoms with E-state index in [1.165, 1.54) is 5.56 Å². The summed E-state index contributed by atoms with van der Waals surface area (Å²) in [5, 5.41) is 16.3. The molecule has 0 unspecified atom stereocenters. The molecular weight excluding hydrogens is 304 g/mol. The molecule has 4 nitrogen and oxygen atoms in total. The first-order chi connectivity index (χ1) is 11.1. The Hall–Kier alpha value is -2.71. The third-order valence-corrected chi connectivity index (χ3v) is 3.45. The van der Waals surface area contributed by atoms with E-state index in [2.05, 4.69) is 47.9 Å². The van der Waals surface area contributed by atoms with Gasteiger partial charge in [-0.15, -0.1) is 0 Å². The summed E-state index contributed by atoms with van der Waals surface area (Å²) in [5.41, 5.74) is 6.48. The van der Waals surface area contributed by atoms with E-state index >= 15 is 0 Å². The Balaban J connectivity index is 1.86. The number of hydrogen-bond acceptors (Lipinski definition) is 3. The van der Waals surface area contributed by atoms with Crippen molar-refractivity contribution < 1.29 is 0 Å². The second-order valence-corrected chi connectivity index (χ2v) is 5.74. The predicted molar refractivity (Wildman–Crippen MR) is 98.6 cm³/mol. The maximum atomic E-state index is 8.74. The van der Waals surface area contributed by atoms with Crippen LogP contribution < -0.4 is 10.7 Å². The first-order valence-corrected chi connectivity index (χ1v) is 7.69. The Kier molecular flexibility index (Phi) is 5.84. The third kappa shape index (κ3) is 5.20. The fraction of sp³-hybridized carbons (Fsp3) is 0.167. The van der Waals surface area contributed by atoms with Gasteiger partial charge in [-0.1, -0.05) is 38.1 Å². The van der Waals surface area contributed by atoms with Crippen molar-refractivity contribution in [2.45, 2.75) is 19.8 Å². The Morgan fingerprint density at radius 2 is 1.78 bits per heavy atom. The van der Waals surface area contributed by atoms with Crippen LogP contribution in [0, 0.1) is 11.3 Å². The monoisotopic (exact) mass is 322 g/mol. The average Bonchev–Trinajstić information content (AvgIpc) is 2.56. The molecule has 0 aliphatic heterocycles. The number of hydrogen-bond donors (Lipinski definition) is 2. The van der Waals surface area contributed by atoms with Crippen molar-refractivity contribution in [3.05, 3.63) is 65.2 Å². The molecule has 0 atom stereocenters. The summed E-state index contributed by atoms with van der Waals surface area (Å²) in [4.78, 5) is 0. The van der Waals surface area contributed by atoms with Gasteiger partial charge in [0.15, 0.2) is 5.11 Å². The molecule has 0 bridgehead atoms. The molecule has 116 valence electrons. The second-order valence-electron chi connectivity index (χ2n) is 5.33. The number of thiocarbonyl (C=S) groups is 1. The highest BCUT2D eigenvalue weighted by molar-refractivity contribution is 7.80. The molecule has 23 heavy (non-hydrogen) atoms. The summed E-state index contributed by atoms with van der Waals surface area (Å²) in [6, 6.07) is 17.4. The standard InChI is InChI=1S/C18H18N4S/c1-13(2)16-7-9-17(10-8-16)21-18(23)22-20-12-15-5-3-14(11-19)4-6-15/h3-10,12-13H,1-2H3,(H2,21,22,23)/b20-12+. The number of nitrogens with one attached hydrogen (secondary N) is 2. The van der Waals surface area contributed by atoms with E-state index < -0.39 is 0 Å². The van der Waals surface area contributed by atoms with Gasteiger partial charge >= 0.3 is 0 Å². The van der Waals surface area contributed by atoms with E-state index in [0.717, 1.165) is 11.3 Å². The molecule has 0 saturated carbocycles. The van der Waals surface area contributed by atoms with Gasteiger partial charge in [0.25, 0.3) is 0 Å². The summed E-state index contributed by atoms with van der Waals surface area (Å²) in [7, 11) is 0. The van der Waals surface area contributed by atoms with E-state index in [1.54, 1.807) is 18.3 Å². The van der Waals surface area contributed by atoms with Gasteiger partial charge < -0.3 is 5.32 Å². The molecular formula is C18H18N4S. The minimum absolute atomic E-state index is 0.423. The second kappa shape index (κ2) is 8.06. The van der Waals surface area contributed by atoms with Crippen LogP contribution in [0.3, 0.4) is 0 Å². The number of rotatable bonds is 4. The Morgan fingerprint density at radius 1 is 1.13 bits per heavy atom. The van der Waals surface area contributed by atoms with Crippen LogP contribution in [-0.4, -0.2) is 11.3 Å². The number of nitriles is 1. The molecule has 0 radical (unpaired) electrons. The minimum atomic E-state index is 0.423. The molecule has 0 aliphatic rings. The van der Waals surface area contributed by atoms with E-state index in [4.69, 9.17) is 17.5 Å². The molecule has 0 amide bonds. The number of nitrogens with zero attached hydrogens (tertiary/aromatic N) is 2. The van der Waals surface area contributed by atoms with E-state index in [-0.39, 0.29) is 0 Å². The topological polar surface area (TPSA) is 60.2 Å². The molecule has 5 heteroatoms. The quantitative estimate of drug-likeness (QED) is 0.507. The van der Waals surface area contributed by atoms with Crippen molar-refractivity contribution in [2.24, 2.45) is 5.10 Å². The van der Waals surface area contributed by atoms with Crippen LogP contribution in [0.15, 0.2) is 53.6 Å². The van der Waals surface area contributed by atoms with E-state index in [9.17, 15) is 0 Å². The van der Waals surface area contributed by atoms with Crippen molar-refractivity contribution in [1.29, 1.82) is 5.26 Å². The van der Waals surface area contributed by atoms with Crippen LogP contribution in [0.2, 0.25) is 0 Å². The number of hydrazone groups is 1. The fourth-order valence-electron chi connectivity index (χ4n) is 1.92. The molecule has 0 saturated heterocycles. The molecule has 0 spiro atoms. The van der Waals surface area contributed by atoms with Crippen LogP contribution >= 0.6 is 12.2 Å². The molecule has 0 aliphatic carbocycles. The van der Waals surface area contributed by atoms with Gasteiger partial charge in [0, 0.05) is 5.69 Å². The highest BCUT2D eigenvalue weighted by Gasteiger charge is 2.00. The van der Waals surface area contributed by atoms with Crippen molar-refractivity contribution in [2.75, 3.05) is 5.32 Å². The Morgan fingerprint density at radius 3 is 2.35 bits per heavy atom. The zero-order chi connectivity index (χ0) is 16.7. The summed E-state index contributed by atoms with van der Waals surface area (Å²) in [5.74, 6) is 0.506. The summed E-state index contributed by atoms with van der Waals surface area (Å²) in [6.45, 7) is 4.32. The van der Waals surface area contributed by atoms with E-state index in [0.29, 0.717) is 16.6 Å². The lowest BCUT2D eigenvalue weighted by atomic mass is 10.0. The lowest BCUT2D eigenvalue weighted by Gasteiger charge is -2.09. The van der Waals surface area contributed by atoms with Gasteiger partial charge in [0.1, 0.15) is 0 Å². The molecule has 0 aromatic heterocycles. The van der Waals surface area contributed by atoms with Crippen molar-refractivity contribution >= 4 is 29.2 Å². The lowest BCUT2D eigenvalue weighted by molar-refractivity contribution is 0.867. The van der Waals surface area contributed by atoms with Crippen LogP contribution in [0.4, 0.5) is 5.69 Å². The van der Waals surface area contributed by atoms with Crippen molar-refractivity contribution in [3.8, 4) is 6.07 Å². The lowest BCUT2D eigenvalue weighted by Crippen LogP contribution is -2.23. The fourth-order valence-corrected chi connectivity index (χ4v) is 2.09. The molecule has 2 N–H and O–H groups in total. The molecule has 2 aromatic carbocycles. The average molecular weight is 322 g/mol. The first-order valence-electron chi connectivity index (χ1n) is 7.28. The zero-order valence-electron chi connectivity index (χ0n) is 13.1. The van der Waals surface area contributed by atoms with Gasteiger partial charge in [-0.3, -0.25) is 5.43 Å². The van der Waals surface area contributed by atoms with Crippen LogP contribution in [0.5, 0.6) is 0 Å². The molecule has 0 heterocycles. The van der Waals surface area contributed by atoms with Crippen molar-refractivity contribution in [3.63, 3.8) is 0 Å².